The minimum Gasteiger partial charge on any atom is -0.481 e. The first-order valence-electron chi connectivity index (χ1n) is 10.3. The number of aliphatic carboxylic acids is 1. The molecule has 1 amide bonds. The molecule has 0 aromatic heterocycles. The van der Waals surface area contributed by atoms with E-state index in [1.807, 2.05) is 24.0 Å². The second-order valence-electron chi connectivity index (χ2n) is 7.41. The fourth-order valence-electron chi connectivity index (χ4n) is 3.16. The van der Waals surface area contributed by atoms with E-state index >= 15 is 0 Å². The number of hydrogen-bond acceptors (Lipinski definition) is 3. The van der Waals surface area contributed by atoms with Crippen LogP contribution >= 0.6 is 0 Å². The third-order valence-corrected chi connectivity index (χ3v) is 4.95. The van der Waals surface area contributed by atoms with Gasteiger partial charge < -0.3 is 15.1 Å². The summed E-state index contributed by atoms with van der Waals surface area (Å²) in [5.41, 5.74) is 0. The number of carboxylic acid groups (broad SMARTS) is 1. The average molecular weight is 378 g/mol. The highest BCUT2D eigenvalue weighted by Crippen LogP contribution is 2.21. The number of aliphatic hydroxyl groups excluding tert-OH is 1. The predicted molar refractivity (Wildman–Crippen MR) is 107 cm³/mol. The first-order valence-corrected chi connectivity index (χ1v) is 10.3. The third kappa shape index (κ3) is 9.63. The highest BCUT2D eigenvalue weighted by molar-refractivity contribution is 5.79. The van der Waals surface area contributed by atoms with Crippen molar-refractivity contribution in [3.05, 3.63) is 12.2 Å². The molecule has 1 aliphatic heterocycles. The van der Waals surface area contributed by atoms with Gasteiger partial charge in [0.05, 0.1) is 12.1 Å². The quantitative estimate of drug-likeness (QED) is 0.308. The molecule has 0 saturated carbocycles. The zero-order chi connectivity index (χ0) is 20.1. The van der Waals surface area contributed by atoms with Crippen LogP contribution in [-0.2, 0) is 9.59 Å². The minimum absolute atomic E-state index is 0.0598. The second kappa shape index (κ2) is 13.4. The van der Waals surface area contributed by atoms with Gasteiger partial charge in [-0.1, -0.05) is 38.8 Å². The Morgan fingerprint density at radius 2 is 2.04 bits per heavy atom. The molecule has 5 nitrogen and oxygen atoms in total. The maximum absolute atomic E-state index is 12.1. The summed E-state index contributed by atoms with van der Waals surface area (Å²) in [6, 6.07) is 0.0598. The Bertz CT molecular complexity index is 546. The molecule has 0 unspecified atom stereocenters. The van der Waals surface area contributed by atoms with Crippen molar-refractivity contribution < 1.29 is 19.8 Å². The van der Waals surface area contributed by atoms with Crippen LogP contribution in [-0.4, -0.2) is 45.7 Å². The topological polar surface area (TPSA) is 77.8 Å². The lowest BCUT2D eigenvalue weighted by molar-refractivity contribution is -0.137. The number of nitrogens with zero attached hydrogens (tertiary/aromatic N) is 1. The summed E-state index contributed by atoms with van der Waals surface area (Å²) in [5, 5.41) is 18.9. The van der Waals surface area contributed by atoms with E-state index in [2.05, 4.69) is 18.8 Å². The van der Waals surface area contributed by atoms with Gasteiger partial charge in [-0.05, 0) is 31.6 Å². The standard InChI is InChI=1S/C22H35NO4/c1-3-4-5-8-11-18(2)20(24)15-13-19-14-16-21(25)23(19)17-10-7-6-9-12-22(26)27/h13,15,18-20,24H,3-4,6-7,9-12,14,16-17H2,1-2H3,(H,26,27)/t18-,19-,20+/m0/s1. The van der Waals surface area contributed by atoms with Gasteiger partial charge in [0, 0.05) is 32.2 Å². The molecule has 1 fully saturated rings. The van der Waals surface area contributed by atoms with Gasteiger partial charge in [0.25, 0.3) is 0 Å². The van der Waals surface area contributed by atoms with Crippen LogP contribution in [0.4, 0.5) is 0 Å². The van der Waals surface area contributed by atoms with Crippen LogP contribution in [0.1, 0.15) is 78.1 Å². The van der Waals surface area contributed by atoms with Gasteiger partial charge in [-0.25, -0.2) is 0 Å². The molecule has 0 aliphatic carbocycles. The number of carbonyl (C=O) groups excluding carboxylic acids is 1. The molecule has 1 saturated heterocycles. The van der Waals surface area contributed by atoms with Gasteiger partial charge in [-0.15, -0.1) is 11.8 Å². The van der Waals surface area contributed by atoms with Crippen molar-refractivity contribution in [3.8, 4) is 11.8 Å². The van der Waals surface area contributed by atoms with Crippen molar-refractivity contribution in [2.75, 3.05) is 6.54 Å². The number of unbranched alkanes of at least 4 members (excludes halogenated alkanes) is 4. The highest BCUT2D eigenvalue weighted by Gasteiger charge is 2.28. The van der Waals surface area contributed by atoms with Crippen LogP contribution < -0.4 is 0 Å². The predicted octanol–water partition coefficient (Wildman–Crippen LogP) is 3.76. The van der Waals surface area contributed by atoms with E-state index in [0.29, 0.717) is 25.8 Å². The van der Waals surface area contributed by atoms with Crippen LogP contribution in [0.15, 0.2) is 12.2 Å². The number of likely N-dealkylation sites (tertiary alicyclic amines) is 1. The molecule has 152 valence electrons. The maximum atomic E-state index is 12.1. The highest BCUT2D eigenvalue weighted by atomic mass is 16.4. The Balaban J connectivity index is 2.38. The molecule has 1 heterocycles. The summed E-state index contributed by atoms with van der Waals surface area (Å²) in [5.74, 6) is 5.71. The lowest BCUT2D eigenvalue weighted by atomic mass is 9.99. The zero-order valence-electron chi connectivity index (χ0n) is 16.8. The molecule has 3 atom stereocenters. The summed E-state index contributed by atoms with van der Waals surface area (Å²) >= 11 is 0. The number of rotatable bonds is 12. The molecule has 5 heteroatoms. The normalized spacial score (nSPS) is 19.1. The number of carbonyl (C=O) groups is 2. The molecule has 0 aromatic rings. The van der Waals surface area contributed by atoms with Crippen LogP contribution in [0.25, 0.3) is 0 Å². The van der Waals surface area contributed by atoms with E-state index in [1.54, 1.807) is 0 Å². The Kier molecular flexibility index (Phi) is 11.5. The fraction of sp³-hybridized carbons (Fsp3) is 0.727. The molecule has 1 aliphatic rings. The van der Waals surface area contributed by atoms with Gasteiger partial charge in [0.1, 0.15) is 0 Å². The first-order chi connectivity index (χ1) is 13.0. The summed E-state index contributed by atoms with van der Waals surface area (Å²) in [6.07, 6.45) is 10.8. The van der Waals surface area contributed by atoms with Crippen LogP contribution in [0, 0.1) is 17.8 Å². The smallest absolute Gasteiger partial charge is 0.303 e. The monoisotopic (exact) mass is 377 g/mol. The molecule has 27 heavy (non-hydrogen) atoms. The molecule has 0 radical (unpaired) electrons. The van der Waals surface area contributed by atoms with E-state index in [-0.39, 0.29) is 24.3 Å². The van der Waals surface area contributed by atoms with E-state index in [9.17, 15) is 14.7 Å². The maximum Gasteiger partial charge on any atom is 0.303 e. The Labute approximate surface area is 163 Å². The zero-order valence-corrected chi connectivity index (χ0v) is 16.8. The van der Waals surface area contributed by atoms with Crippen LogP contribution in [0.5, 0.6) is 0 Å². The summed E-state index contributed by atoms with van der Waals surface area (Å²) in [7, 11) is 0. The van der Waals surface area contributed by atoms with Crippen LogP contribution in [0.3, 0.4) is 0 Å². The van der Waals surface area contributed by atoms with Gasteiger partial charge in [0.2, 0.25) is 5.91 Å². The fourth-order valence-corrected chi connectivity index (χ4v) is 3.16. The number of amides is 1. The van der Waals surface area contributed by atoms with Gasteiger partial charge >= 0.3 is 5.97 Å². The van der Waals surface area contributed by atoms with Gasteiger partial charge in [-0.2, -0.15) is 0 Å². The first kappa shape index (κ1) is 23.2. The molecular weight excluding hydrogens is 342 g/mol. The largest absolute Gasteiger partial charge is 0.481 e. The number of aliphatic hydroxyl groups is 1. The van der Waals surface area contributed by atoms with Crippen molar-refractivity contribution >= 4 is 11.9 Å². The van der Waals surface area contributed by atoms with Crippen LogP contribution in [0.2, 0.25) is 0 Å². The Hall–Kier alpha value is -1.80. The van der Waals surface area contributed by atoms with Crippen molar-refractivity contribution in [3.63, 3.8) is 0 Å². The van der Waals surface area contributed by atoms with Crippen molar-refractivity contribution in [2.24, 2.45) is 5.92 Å². The number of carboxylic acids is 1. The van der Waals surface area contributed by atoms with Crippen molar-refractivity contribution in [1.29, 1.82) is 0 Å². The Morgan fingerprint density at radius 1 is 1.30 bits per heavy atom. The lowest BCUT2D eigenvalue weighted by Gasteiger charge is -2.23. The third-order valence-electron chi connectivity index (χ3n) is 4.95. The summed E-state index contributed by atoms with van der Waals surface area (Å²) in [6.45, 7) is 4.79. The molecule has 1 rings (SSSR count). The minimum atomic E-state index is -0.751. The summed E-state index contributed by atoms with van der Waals surface area (Å²) in [4.78, 5) is 24.5. The molecule has 0 bridgehead atoms. The molecule has 0 spiro atoms. The van der Waals surface area contributed by atoms with Gasteiger partial charge in [0.15, 0.2) is 0 Å². The summed E-state index contributed by atoms with van der Waals surface area (Å²) < 4.78 is 0. The Morgan fingerprint density at radius 3 is 2.74 bits per heavy atom. The lowest BCUT2D eigenvalue weighted by Crippen LogP contribution is -2.33. The van der Waals surface area contributed by atoms with Gasteiger partial charge in [-0.3, -0.25) is 9.59 Å². The second-order valence-corrected chi connectivity index (χ2v) is 7.41. The molecule has 2 N–H and O–H groups in total. The average Bonchev–Trinajstić information content (AvgIpc) is 2.99. The van der Waals surface area contributed by atoms with E-state index < -0.39 is 12.1 Å². The molecular formula is C22H35NO4. The van der Waals surface area contributed by atoms with Crippen molar-refractivity contribution in [2.45, 2.75) is 90.2 Å². The number of hydrogen-bond donors (Lipinski definition) is 2. The van der Waals surface area contributed by atoms with Crippen molar-refractivity contribution in [1.82, 2.24) is 4.90 Å². The SMILES string of the molecule is CCCC#CC[C@H](C)[C@H](O)C=C[C@H]1CCC(=O)N1CCCCCCC(=O)O. The van der Waals surface area contributed by atoms with E-state index in [0.717, 1.165) is 38.5 Å². The van der Waals surface area contributed by atoms with E-state index in [1.165, 1.54) is 0 Å². The molecule has 0 aromatic carbocycles. The van der Waals surface area contributed by atoms with E-state index in [4.69, 9.17) is 5.11 Å².